The minimum absolute atomic E-state index is 0.0240. The summed E-state index contributed by atoms with van der Waals surface area (Å²) in [5.41, 5.74) is 1.58. The van der Waals surface area contributed by atoms with Gasteiger partial charge in [-0.1, -0.05) is 0 Å². The Morgan fingerprint density at radius 3 is 2.92 bits per heavy atom. The van der Waals surface area contributed by atoms with Crippen molar-refractivity contribution in [1.82, 2.24) is 15.0 Å². The summed E-state index contributed by atoms with van der Waals surface area (Å²) in [5.74, 6) is 0.718. The van der Waals surface area contributed by atoms with Gasteiger partial charge < -0.3 is 10.1 Å². The molecule has 2 N–H and O–H groups in total. The highest BCUT2D eigenvalue weighted by atomic mass is 16.3. The molecule has 0 aliphatic rings. The van der Waals surface area contributed by atoms with E-state index in [1.165, 1.54) is 0 Å². The van der Waals surface area contributed by atoms with E-state index in [0.29, 0.717) is 0 Å². The number of aliphatic hydroxyl groups excluding tert-OH is 1. The fraction of sp³-hybridized carbons (Fsp3) is 0.111. The van der Waals surface area contributed by atoms with Crippen LogP contribution in [0, 0.1) is 0 Å². The first-order chi connectivity index (χ1) is 6.40. The van der Waals surface area contributed by atoms with Crippen LogP contribution < -0.4 is 0 Å². The quantitative estimate of drug-likeness (QED) is 0.714. The number of hydrogen-bond donors (Lipinski definition) is 2. The standard InChI is InChI=1S/C9H9N3O/c13-6-7-1-2-10-8(5-7)9-11-3-4-12-9/h1-5,13H,6H2,(H,11,12). The molecule has 0 saturated heterocycles. The van der Waals surface area contributed by atoms with Gasteiger partial charge in [0.15, 0.2) is 5.82 Å². The Bertz CT molecular complexity index is 384. The third kappa shape index (κ3) is 1.57. The molecule has 0 radical (unpaired) electrons. The number of rotatable bonds is 2. The van der Waals surface area contributed by atoms with Crippen molar-refractivity contribution in [3.05, 3.63) is 36.3 Å². The summed E-state index contributed by atoms with van der Waals surface area (Å²) in [5, 5.41) is 8.90. The van der Waals surface area contributed by atoms with Crippen molar-refractivity contribution in [2.75, 3.05) is 0 Å². The van der Waals surface area contributed by atoms with Crippen molar-refractivity contribution in [2.24, 2.45) is 0 Å². The number of imidazole rings is 1. The van der Waals surface area contributed by atoms with Gasteiger partial charge in [0, 0.05) is 18.6 Å². The molecule has 66 valence electrons. The Kier molecular flexibility index (Phi) is 2.06. The van der Waals surface area contributed by atoms with Crippen LogP contribution in [0.1, 0.15) is 5.56 Å². The van der Waals surface area contributed by atoms with Crippen molar-refractivity contribution < 1.29 is 5.11 Å². The molecule has 2 rings (SSSR count). The average molecular weight is 175 g/mol. The van der Waals surface area contributed by atoms with Crippen molar-refractivity contribution >= 4 is 0 Å². The van der Waals surface area contributed by atoms with Gasteiger partial charge in [-0.25, -0.2) is 4.98 Å². The molecule has 0 unspecified atom stereocenters. The molecular formula is C9H9N3O. The molecule has 4 heteroatoms. The van der Waals surface area contributed by atoms with Gasteiger partial charge in [0.05, 0.1) is 6.61 Å². The molecule has 0 amide bonds. The molecule has 0 atom stereocenters. The Hall–Kier alpha value is -1.68. The second-order valence-corrected chi connectivity index (χ2v) is 2.65. The van der Waals surface area contributed by atoms with Crippen molar-refractivity contribution in [2.45, 2.75) is 6.61 Å². The molecule has 13 heavy (non-hydrogen) atoms. The highest BCUT2D eigenvalue weighted by molar-refractivity contribution is 5.49. The van der Waals surface area contributed by atoms with Gasteiger partial charge in [-0.15, -0.1) is 0 Å². The molecule has 0 saturated carbocycles. The molecule has 0 aliphatic heterocycles. The molecule has 0 bridgehead atoms. The molecular weight excluding hydrogens is 166 g/mol. The highest BCUT2D eigenvalue weighted by Gasteiger charge is 2.01. The predicted molar refractivity (Wildman–Crippen MR) is 47.7 cm³/mol. The summed E-state index contributed by atoms with van der Waals surface area (Å²) >= 11 is 0. The summed E-state index contributed by atoms with van der Waals surface area (Å²) < 4.78 is 0. The fourth-order valence-corrected chi connectivity index (χ4v) is 1.11. The van der Waals surface area contributed by atoms with Crippen LogP contribution in [0.5, 0.6) is 0 Å². The second-order valence-electron chi connectivity index (χ2n) is 2.65. The van der Waals surface area contributed by atoms with Crippen LogP contribution in [-0.4, -0.2) is 20.1 Å². The topological polar surface area (TPSA) is 61.8 Å². The molecule has 0 spiro atoms. The lowest BCUT2D eigenvalue weighted by Crippen LogP contribution is -1.89. The first kappa shape index (κ1) is 7.94. The summed E-state index contributed by atoms with van der Waals surface area (Å²) in [7, 11) is 0. The Balaban J connectivity index is 2.41. The molecule has 2 heterocycles. The first-order valence-electron chi connectivity index (χ1n) is 3.95. The van der Waals surface area contributed by atoms with Crippen LogP contribution >= 0.6 is 0 Å². The SMILES string of the molecule is OCc1ccnc(-c2ncc[nH]2)c1. The Morgan fingerprint density at radius 2 is 2.23 bits per heavy atom. The number of H-pyrrole nitrogens is 1. The van der Waals surface area contributed by atoms with E-state index in [2.05, 4.69) is 15.0 Å². The van der Waals surface area contributed by atoms with Gasteiger partial charge in [-0.05, 0) is 17.7 Å². The zero-order valence-corrected chi connectivity index (χ0v) is 6.94. The van der Waals surface area contributed by atoms with Crippen molar-refractivity contribution in [1.29, 1.82) is 0 Å². The van der Waals surface area contributed by atoms with Crippen LogP contribution in [0.15, 0.2) is 30.7 Å². The summed E-state index contributed by atoms with van der Waals surface area (Å²) in [6.45, 7) is 0.0240. The lowest BCUT2D eigenvalue weighted by Gasteiger charge is -1.98. The summed E-state index contributed by atoms with van der Waals surface area (Å²) in [6, 6.07) is 3.57. The van der Waals surface area contributed by atoms with Gasteiger partial charge in [-0.2, -0.15) is 0 Å². The zero-order chi connectivity index (χ0) is 9.10. The molecule has 0 fully saturated rings. The smallest absolute Gasteiger partial charge is 0.155 e. The minimum Gasteiger partial charge on any atom is -0.392 e. The van der Waals surface area contributed by atoms with Gasteiger partial charge >= 0.3 is 0 Å². The fourth-order valence-electron chi connectivity index (χ4n) is 1.11. The second kappa shape index (κ2) is 3.37. The van der Waals surface area contributed by atoms with E-state index in [4.69, 9.17) is 5.11 Å². The number of nitrogens with one attached hydrogen (secondary N) is 1. The number of aliphatic hydroxyl groups is 1. The maximum Gasteiger partial charge on any atom is 0.155 e. The Morgan fingerprint density at radius 1 is 1.31 bits per heavy atom. The zero-order valence-electron chi connectivity index (χ0n) is 6.94. The monoisotopic (exact) mass is 175 g/mol. The normalized spacial score (nSPS) is 10.2. The van der Waals surface area contributed by atoms with E-state index in [-0.39, 0.29) is 6.61 Å². The van der Waals surface area contributed by atoms with Crippen LogP contribution in [0.3, 0.4) is 0 Å². The molecule has 0 aliphatic carbocycles. The van der Waals surface area contributed by atoms with Crippen molar-refractivity contribution in [3.8, 4) is 11.5 Å². The molecule has 2 aromatic heterocycles. The van der Waals surface area contributed by atoms with Crippen molar-refractivity contribution in [3.63, 3.8) is 0 Å². The van der Waals surface area contributed by atoms with Crippen LogP contribution in [-0.2, 0) is 6.61 Å². The largest absolute Gasteiger partial charge is 0.392 e. The number of nitrogens with zero attached hydrogens (tertiary/aromatic N) is 2. The predicted octanol–water partition coefficient (Wildman–Crippen LogP) is 0.964. The van der Waals surface area contributed by atoms with E-state index >= 15 is 0 Å². The average Bonchev–Trinajstić information content (AvgIpc) is 2.71. The summed E-state index contributed by atoms with van der Waals surface area (Å²) in [6.07, 6.45) is 5.06. The lowest BCUT2D eigenvalue weighted by atomic mass is 10.2. The van der Waals surface area contributed by atoms with Gasteiger partial charge in [0.25, 0.3) is 0 Å². The van der Waals surface area contributed by atoms with E-state index in [1.807, 2.05) is 0 Å². The first-order valence-corrected chi connectivity index (χ1v) is 3.95. The number of aromatic nitrogens is 3. The number of aromatic amines is 1. The van der Waals surface area contributed by atoms with Gasteiger partial charge in [0.1, 0.15) is 5.69 Å². The minimum atomic E-state index is 0.0240. The van der Waals surface area contributed by atoms with Crippen LogP contribution in [0.25, 0.3) is 11.5 Å². The maximum atomic E-state index is 8.90. The maximum absolute atomic E-state index is 8.90. The highest BCUT2D eigenvalue weighted by Crippen LogP contribution is 2.12. The number of pyridine rings is 1. The Labute approximate surface area is 75.3 Å². The number of hydrogen-bond acceptors (Lipinski definition) is 3. The van der Waals surface area contributed by atoms with Gasteiger partial charge in [0.2, 0.25) is 0 Å². The summed E-state index contributed by atoms with van der Waals surface area (Å²) in [4.78, 5) is 11.1. The lowest BCUT2D eigenvalue weighted by molar-refractivity contribution is 0.282. The van der Waals surface area contributed by atoms with E-state index < -0.39 is 0 Å². The van der Waals surface area contributed by atoms with E-state index in [0.717, 1.165) is 17.1 Å². The van der Waals surface area contributed by atoms with E-state index in [9.17, 15) is 0 Å². The molecule has 0 aromatic carbocycles. The third-order valence-electron chi connectivity index (χ3n) is 1.75. The third-order valence-corrected chi connectivity index (χ3v) is 1.75. The van der Waals surface area contributed by atoms with Gasteiger partial charge in [-0.3, -0.25) is 4.98 Å². The van der Waals surface area contributed by atoms with Crippen LogP contribution in [0.2, 0.25) is 0 Å². The van der Waals surface area contributed by atoms with E-state index in [1.54, 1.807) is 30.7 Å². The molecule has 4 nitrogen and oxygen atoms in total. The molecule has 2 aromatic rings. The van der Waals surface area contributed by atoms with Crippen LogP contribution in [0.4, 0.5) is 0 Å².